The topological polar surface area (TPSA) is 34.5 Å². The Labute approximate surface area is 176 Å². The van der Waals surface area contributed by atoms with Gasteiger partial charge in [-0.1, -0.05) is 103 Å². The zero-order valence-electron chi connectivity index (χ0n) is 16.5. The molecular formula is C23H25BrN2OSi. The molecule has 0 fully saturated rings. The molecule has 3 aromatic rings. The predicted molar refractivity (Wildman–Crippen MR) is 123 cm³/mol. The lowest BCUT2D eigenvalue weighted by Crippen LogP contribution is -2.65. The third-order valence-corrected chi connectivity index (χ3v) is 10.2. The predicted octanol–water partition coefficient (Wildman–Crippen LogP) is 4.89. The first-order chi connectivity index (χ1) is 13.5. The molecule has 0 spiro atoms. The van der Waals surface area contributed by atoms with Gasteiger partial charge in [-0.05, 0) is 22.0 Å². The van der Waals surface area contributed by atoms with E-state index in [2.05, 4.69) is 95.4 Å². The molecule has 2 aromatic carbocycles. The van der Waals surface area contributed by atoms with Crippen LogP contribution in [-0.2, 0) is 9.86 Å². The van der Waals surface area contributed by atoms with Crippen LogP contribution >= 0.6 is 15.9 Å². The second kappa shape index (κ2) is 8.84. The number of rotatable bonds is 6. The molecule has 0 amide bonds. The summed E-state index contributed by atoms with van der Waals surface area (Å²) in [6.45, 7) is 6.70. The number of alkyl halides is 1. The molecule has 1 aromatic heterocycles. The van der Waals surface area contributed by atoms with Crippen LogP contribution in [-0.4, -0.2) is 19.5 Å². The first-order valence-electron chi connectivity index (χ1n) is 9.31. The molecule has 144 valence electrons. The van der Waals surface area contributed by atoms with Crippen molar-refractivity contribution in [3.05, 3.63) is 90.3 Å². The van der Waals surface area contributed by atoms with Crippen molar-refractivity contribution in [1.82, 2.24) is 4.98 Å². The normalized spacial score (nSPS) is 12.3. The fourth-order valence-electron chi connectivity index (χ4n) is 3.37. The first kappa shape index (κ1) is 20.5. The minimum absolute atomic E-state index is 0.111. The largest absolute Gasteiger partial charge is 0.443 e. The van der Waals surface area contributed by atoms with Gasteiger partial charge in [0.1, 0.15) is 0 Å². The Morgan fingerprint density at radius 2 is 1.50 bits per heavy atom. The molecule has 3 nitrogen and oxygen atoms in total. The van der Waals surface area contributed by atoms with E-state index in [0.29, 0.717) is 0 Å². The monoisotopic (exact) mass is 452 g/mol. The Kier molecular flexibility index (Phi) is 6.47. The number of hydrogen-bond acceptors (Lipinski definition) is 3. The van der Waals surface area contributed by atoms with Crippen molar-refractivity contribution in [2.24, 2.45) is 5.16 Å². The van der Waals surface area contributed by atoms with E-state index in [1.807, 2.05) is 30.5 Å². The van der Waals surface area contributed by atoms with Crippen LogP contribution in [0.1, 0.15) is 32.0 Å². The van der Waals surface area contributed by atoms with E-state index in [1.165, 1.54) is 10.4 Å². The van der Waals surface area contributed by atoms with Gasteiger partial charge in [0.15, 0.2) is 0 Å². The summed E-state index contributed by atoms with van der Waals surface area (Å²) < 4.78 is 6.49. The van der Waals surface area contributed by atoms with Crippen molar-refractivity contribution >= 4 is 40.8 Å². The van der Waals surface area contributed by atoms with E-state index >= 15 is 0 Å². The fraction of sp³-hybridized carbons (Fsp3) is 0.217. The molecule has 0 atom stereocenters. The smallest absolute Gasteiger partial charge is 0.354 e. The third-order valence-electron chi connectivity index (χ3n) is 4.79. The minimum atomic E-state index is -2.65. The summed E-state index contributed by atoms with van der Waals surface area (Å²) in [4.78, 5) is 4.43. The van der Waals surface area contributed by atoms with E-state index in [-0.39, 0.29) is 5.04 Å². The van der Waals surface area contributed by atoms with Crippen molar-refractivity contribution in [1.29, 1.82) is 0 Å². The lowest BCUT2D eigenvalue weighted by molar-refractivity contribution is 0.321. The first-order valence-corrected chi connectivity index (χ1v) is 12.3. The maximum absolute atomic E-state index is 6.49. The standard InChI is InChI=1S/C23H25BrN2OSi/c1-23(2,3)28(21-10-6-4-7-11-21,22-12-8-5-9-13-22)27-26-18-20-15-14-19(16-24)17-25-20/h4-15,17-18H,16H2,1-3H3/b26-18-. The third kappa shape index (κ3) is 4.26. The highest BCUT2D eigenvalue weighted by molar-refractivity contribution is 9.08. The van der Waals surface area contributed by atoms with Crippen LogP contribution in [0.2, 0.25) is 5.04 Å². The quantitative estimate of drug-likeness (QED) is 0.231. The Bertz CT molecular complexity index is 867. The van der Waals surface area contributed by atoms with Gasteiger partial charge in [-0.15, -0.1) is 5.16 Å². The summed E-state index contributed by atoms with van der Waals surface area (Å²) in [6.07, 6.45) is 3.55. The van der Waals surface area contributed by atoms with Crippen molar-refractivity contribution in [2.45, 2.75) is 31.1 Å². The van der Waals surface area contributed by atoms with Crippen LogP contribution in [0.4, 0.5) is 0 Å². The van der Waals surface area contributed by atoms with E-state index < -0.39 is 8.32 Å². The van der Waals surface area contributed by atoms with Crippen LogP contribution in [0.15, 0.2) is 84.1 Å². The zero-order chi connectivity index (χ0) is 20.0. The Balaban J connectivity index is 2.04. The minimum Gasteiger partial charge on any atom is -0.443 e. The summed E-state index contributed by atoms with van der Waals surface area (Å²) >= 11 is 3.44. The average Bonchev–Trinajstić information content (AvgIpc) is 2.72. The van der Waals surface area contributed by atoms with Crippen LogP contribution in [0.5, 0.6) is 0 Å². The Morgan fingerprint density at radius 3 is 1.93 bits per heavy atom. The maximum atomic E-state index is 6.49. The van der Waals surface area contributed by atoms with Gasteiger partial charge in [-0.3, -0.25) is 4.98 Å². The van der Waals surface area contributed by atoms with Crippen molar-refractivity contribution < 1.29 is 4.53 Å². The van der Waals surface area contributed by atoms with Gasteiger partial charge in [-0.2, -0.15) is 0 Å². The summed E-state index contributed by atoms with van der Waals surface area (Å²) in [5.41, 5.74) is 1.91. The lowest BCUT2D eigenvalue weighted by atomic mass is 10.2. The van der Waals surface area contributed by atoms with E-state index in [1.54, 1.807) is 6.21 Å². The summed E-state index contributed by atoms with van der Waals surface area (Å²) in [5, 5.41) is 7.53. The highest BCUT2D eigenvalue weighted by atomic mass is 79.9. The second-order valence-electron chi connectivity index (χ2n) is 7.71. The van der Waals surface area contributed by atoms with E-state index in [0.717, 1.165) is 16.6 Å². The molecule has 5 heteroatoms. The molecule has 0 N–H and O–H groups in total. The van der Waals surface area contributed by atoms with Crippen LogP contribution in [0.25, 0.3) is 0 Å². The number of halogens is 1. The van der Waals surface area contributed by atoms with E-state index in [9.17, 15) is 0 Å². The number of oxime groups is 1. The van der Waals surface area contributed by atoms with E-state index in [4.69, 9.17) is 4.53 Å². The molecule has 0 radical (unpaired) electrons. The Hall–Kier alpha value is -2.24. The molecular weight excluding hydrogens is 428 g/mol. The molecule has 3 rings (SSSR count). The summed E-state index contributed by atoms with van der Waals surface area (Å²) in [7, 11) is -2.65. The molecule has 28 heavy (non-hydrogen) atoms. The molecule has 0 saturated carbocycles. The van der Waals surface area contributed by atoms with Gasteiger partial charge >= 0.3 is 8.32 Å². The number of hydrogen-bond donors (Lipinski definition) is 0. The van der Waals surface area contributed by atoms with Gasteiger partial charge in [0.05, 0.1) is 11.9 Å². The molecule has 0 bridgehead atoms. The van der Waals surface area contributed by atoms with Crippen molar-refractivity contribution in [2.75, 3.05) is 0 Å². The molecule has 0 aliphatic carbocycles. The van der Waals surface area contributed by atoms with Crippen molar-refractivity contribution in [3.63, 3.8) is 0 Å². The molecule has 0 unspecified atom stereocenters. The Morgan fingerprint density at radius 1 is 0.929 bits per heavy atom. The lowest BCUT2D eigenvalue weighted by Gasteiger charge is -2.40. The van der Waals surface area contributed by atoms with Gasteiger partial charge in [0, 0.05) is 16.6 Å². The number of nitrogens with zero attached hydrogens (tertiary/aromatic N) is 2. The molecule has 0 saturated heterocycles. The van der Waals surface area contributed by atoms with Gasteiger partial charge < -0.3 is 4.53 Å². The highest BCUT2D eigenvalue weighted by Crippen LogP contribution is 2.36. The highest BCUT2D eigenvalue weighted by Gasteiger charge is 2.53. The van der Waals surface area contributed by atoms with Crippen LogP contribution in [0, 0.1) is 0 Å². The van der Waals surface area contributed by atoms with Gasteiger partial charge in [0.25, 0.3) is 0 Å². The number of aromatic nitrogens is 1. The molecule has 0 aliphatic heterocycles. The summed E-state index contributed by atoms with van der Waals surface area (Å²) in [5.74, 6) is 0. The second-order valence-corrected chi connectivity index (χ2v) is 12.5. The maximum Gasteiger partial charge on any atom is 0.354 e. The SMILES string of the molecule is CC(C)(C)[Si](O/N=C\c1ccc(CBr)cn1)(c1ccccc1)c1ccccc1. The molecule has 1 heterocycles. The van der Waals surface area contributed by atoms with Crippen molar-refractivity contribution in [3.8, 4) is 0 Å². The average molecular weight is 453 g/mol. The fourth-order valence-corrected chi connectivity index (χ4v) is 7.79. The number of pyridine rings is 1. The molecule has 0 aliphatic rings. The van der Waals surface area contributed by atoms with Gasteiger partial charge in [-0.25, -0.2) is 0 Å². The zero-order valence-corrected chi connectivity index (χ0v) is 19.1. The van der Waals surface area contributed by atoms with Crippen LogP contribution in [0.3, 0.4) is 0 Å². The van der Waals surface area contributed by atoms with Crippen LogP contribution < -0.4 is 10.4 Å². The number of benzene rings is 2. The van der Waals surface area contributed by atoms with Gasteiger partial charge in [0.2, 0.25) is 0 Å². The summed E-state index contributed by atoms with van der Waals surface area (Å²) in [6, 6.07) is 25.0.